The molecule has 0 aliphatic rings. The summed E-state index contributed by atoms with van der Waals surface area (Å²) in [7, 11) is 0. The Kier molecular flexibility index (Phi) is 8.11. The van der Waals surface area contributed by atoms with Crippen molar-refractivity contribution < 1.29 is 4.42 Å². The number of allylic oxidation sites excluding steroid dienone is 4. The largest absolute Gasteiger partial charge is 0.455 e. The molecule has 0 saturated carbocycles. The van der Waals surface area contributed by atoms with E-state index < -0.39 is 0 Å². The highest BCUT2D eigenvalue weighted by atomic mass is 16.3. The minimum Gasteiger partial charge on any atom is -0.455 e. The molecule has 3 heteroatoms. The van der Waals surface area contributed by atoms with Crippen molar-refractivity contribution >= 4 is 82.6 Å². The molecule has 0 atom stereocenters. The number of hydrogen-bond acceptors (Lipinski definition) is 3. The molecule has 0 aliphatic carbocycles. The molecule has 2 heterocycles. The lowest BCUT2D eigenvalue weighted by molar-refractivity contribution is 0.670. The number of benzene rings is 8. The fraction of sp³-hybridized carbons (Fsp3) is 0.0385. The second-order valence-corrected chi connectivity index (χ2v) is 14.0. The molecule has 0 spiro atoms. The maximum atomic E-state index is 6.46. The fourth-order valence-corrected chi connectivity index (χ4v) is 8.04. The van der Waals surface area contributed by atoms with E-state index in [2.05, 4.69) is 159 Å². The topological polar surface area (TPSA) is 38.4 Å². The van der Waals surface area contributed by atoms with E-state index in [1.807, 2.05) is 36.5 Å². The Morgan fingerprint density at radius 1 is 0.600 bits per heavy atom. The molecule has 10 aromatic rings. The monoisotopic (exact) mass is 704 g/mol. The zero-order valence-electron chi connectivity index (χ0n) is 30.4. The molecule has 260 valence electrons. The zero-order valence-corrected chi connectivity index (χ0v) is 30.4. The first-order valence-corrected chi connectivity index (χ1v) is 18.8. The molecular formula is C52H36N2O. The van der Waals surface area contributed by atoms with Crippen LogP contribution in [0.3, 0.4) is 0 Å². The summed E-state index contributed by atoms with van der Waals surface area (Å²) < 4.78 is 6.46. The summed E-state index contributed by atoms with van der Waals surface area (Å²) in [5.41, 5.74) is 10.0. The second kappa shape index (κ2) is 13.7. The van der Waals surface area contributed by atoms with E-state index >= 15 is 0 Å². The van der Waals surface area contributed by atoms with Gasteiger partial charge in [-0.3, -0.25) is 4.99 Å². The van der Waals surface area contributed by atoms with Crippen molar-refractivity contribution in [2.24, 2.45) is 4.99 Å². The molecule has 0 N–H and O–H groups in total. The van der Waals surface area contributed by atoms with Gasteiger partial charge in [0.1, 0.15) is 11.2 Å². The fourth-order valence-electron chi connectivity index (χ4n) is 8.04. The number of fused-ring (bicyclic) bond motifs is 10. The third-order valence-electron chi connectivity index (χ3n) is 10.7. The van der Waals surface area contributed by atoms with Crippen LogP contribution in [0.5, 0.6) is 0 Å². The van der Waals surface area contributed by atoms with Crippen LogP contribution < -0.4 is 0 Å². The molecule has 0 unspecified atom stereocenters. The van der Waals surface area contributed by atoms with E-state index in [4.69, 9.17) is 14.4 Å². The third-order valence-corrected chi connectivity index (χ3v) is 10.7. The van der Waals surface area contributed by atoms with E-state index in [0.717, 1.165) is 78.3 Å². The molecular weight excluding hydrogens is 669 g/mol. The number of para-hydroxylation sites is 2. The summed E-state index contributed by atoms with van der Waals surface area (Å²) in [4.78, 5) is 10.5. The van der Waals surface area contributed by atoms with Crippen molar-refractivity contribution in [1.82, 2.24) is 4.98 Å². The maximum Gasteiger partial charge on any atom is 0.143 e. The summed E-state index contributed by atoms with van der Waals surface area (Å²) >= 11 is 0. The van der Waals surface area contributed by atoms with Gasteiger partial charge in [-0.2, -0.15) is 0 Å². The summed E-state index contributed by atoms with van der Waals surface area (Å²) in [6, 6.07) is 57.6. The highest BCUT2D eigenvalue weighted by Crippen LogP contribution is 2.41. The lowest BCUT2D eigenvalue weighted by atomic mass is 9.93. The summed E-state index contributed by atoms with van der Waals surface area (Å²) in [6.07, 6.45) is 9.33. The molecule has 0 radical (unpaired) electrons. The van der Waals surface area contributed by atoms with Gasteiger partial charge >= 0.3 is 0 Å². The van der Waals surface area contributed by atoms with Crippen molar-refractivity contribution in [3.63, 3.8) is 0 Å². The Labute approximate surface area is 319 Å². The van der Waals surface area contributed by atoms with Gasteiger partial charge in [-0.15, -0.1) is 0 Å². The van der Waals surface area contributed by atoms with E-state index in [1.54, 1.807) is 0 Å². The first kappa shape index (κ1) is 32.5. The first-order chi connectivity index (χ1) is 27.2. The van der Waals surface area contributed by atoms with Crippen LogP contribution in [-0.2, 0) is 6.42 Å². The molecule has 8 aromatic carbocycles. The van der Waals surface area contributed by atoms with Crippen LogP contribution in [0, 0.1) is 0 Å². The number of furan rings is 1. The van der Waals surface area contributed by atoms with E-state index in [1.165, 1.54) is 32.5 Å². The number of aliphatic imine (C=N–C) groups is 1. The van der Waals surface area contributed by atoms with Crippen molar-refractivity contribution in [1.29, 1.82) is 0 Å². The molecule has 0 aliphatic heterocycles. The molecule has 0 fully saturated rings. The Hall–Kier alpha value is -7.10. The van der Waals surface area contributed by atoms with Crippen LogP contribution in [0.2, 0.25) is 0 Å². The maximum absolute atomic E-state index is 6.46. The van der Waals surface area contributed by atoms with Gasteiger partial charge in [0.05, 0.1) is 16.9 Å². The van der Waals surface area contributed by atoms with Gasteiger partial charge in [0, 0.05) is 49.7 Å². The van der Waals surface area contributed by atoms with E-state index in [-0.39, 0.29) is 0 Å². The highest BCUT2D eigenvalue weighted by Gasteiger charge is 2.17. The second-order valence-electron chi connectivity index (χ2n) is 14.0. The normalized spacial score (nSPS) is 12.5. The van der Waals surface area contributed by atoms with Crippen LogP contribution >= 0.6 is 0 Å². The Morgan fingerprint density at radius 3 is 2.15 bits per heavy atom. The average Bonchev–Trinajstić information content (AvgIpc) is 3.63. The summed E-state index contributed by atoms with van der Waals surface area (Å²) in [5, 5.41) is 10.6. The van der Waals surface area contributed by atoms with Gasteiger partial charge in [-0.05, 0) is 58.3 Å². The van der Waals surface area contributed by atoms with Crippen LogP contribution in [0.4, 0.5) is 5.69 Å². The van der Waals surface area contributed by atoms with Crippen LogP contribution in [0.1, 0.15) is 23.7 Å². The first-order valence-electron chi connectivity index (χ1n) is 18.8. The molecule has 55 heavy (non-hydrogen) atoms. The lowest BCUT2D eigenvalue weighted by Gasteiger charge is -2.14. The summed E-state index contributed by atoms with van der Waals surface area (Å²) in [6.45, 7) is 2.10. The molecule has 0 amide bonds. The minimum absolute atomic E-state index is 0.734. The van der Waals surface area contributed by atoms with Gasteiger partial charge in [0.15, 0.2) is 0 Å². The lowest BCUT2D eigenvalue weighted by Crippen LogP contribution is -1.95. The van der Waals surface area contributed by atoms with Gasteiger partial charge in [-0.1, -0.05) is 170 Å². The third kappa shape index (κ3) is 5.78. The van der Waals surface area contributed by atoms with Gasteiger partial charge in [0.2, 0.25) is 0 Å². The van der Waals surface area contributed by atoms with Crippen molar-refractivity contribution in [2.75, 3.05) is 0 Å². The predicted molar refractivity (Wildman–Crippen MR) is 234 cm³/mol. The van der Waals surface area contributed by atoms with E-state index in [9.17, 15) is 0 Å². The molecule has 10 rings (SSSR count). The smallest absolute Gasteiger partial charge is 0.143 e. The number of pyridine rings is 1. The van der Waals surface area contributed by atoms with Crippen LogP contribution in [0.25, 0.3) is 81.9 Å². The average molecular weight is 705 g/mol. The van der Waals surface area contributed by atoms with Crippen LogP contribution in [-0.4, -0.2) is 11.2 Å². The molecule has 3 nitrogen and oxygen atoms in total. The van der Waals surface area contributed by atoms with Gasteiger partial charge < -0.3 is 4.42 Å². The highest BCUT2D eigenvalue weighted by molar-refractivity contribution is 6.25. The Morgan fingerprint density at radius 2 is 1.31 bits per heavy atom. The van der Waals surface area contributed by atoms with Crippen molar-refractivity contribution in [3.8, 4) is 11.1 Å². The standard InChI is InChI=1S/C52H36N2O/c1-2-36(50-45-30-27-37-17-6-8-20-39(37)49(45)46-31-28-38-18-7-9-21-40(38)51(46)54-50)19-12-16-34-26-29-41(47(32-34)53-33-35-14-4-3-5-15-35)43-23-13-24-44-42-22-10-11-25-48(42)55-52(43)44/h2-15,17-33H,16H2,1H3/b19-12-,36-2+,53-33?. The quantitative estimate of drug-likeness (QED) is 0.0941. The molecule has 2 aromatic heterocycles. The van der Waals surface area contributed by atoms with Crippen molar-refractivity contribution in [2.45, 2.75) is 13.3 Å². The number of rotatable bonds is 7. The van der Waals surface area contributed by atoms with Crippen LogP contribution in [0.15, 0.2) is 191 Å². The zero-order chi connectivity index (χ0) is 36.7. The van der Waals surface area contributed by atoms with Gasteiger partial charge in [0.25, 0.3) is 0 Å². The van der Waals surface area contributed by atoms with E-state index in [0.29, 0.717) is 0 Å². The predicted octanol–water partition coefficient (Wildman–Crippen LogP) is 14.2. The minimum atomic E-state index is 0.734. The number of aromatic nitrogens is 1. The Balaban J connectivity index is 1.06. The molecule has 0 saturated heterocycles. The number of nitrogens with zero attached hydrogens (tertiary/aromatic N) is 2. The Bertz CT molecular complexity index is 3180. The molecule has 0 bridgehead atoms. The van der Waals surface area contributed by atoms with Crippen molar-refractivity contribution in [3.05, 3.63) is 199 Å². The van der Waals surface area contributed by atoms with Gasteiger partial charge in [-0.25, -0.2) is 4.98 Å². The number of hydrogen-bond donors (Lipinski definition) is 0. The SMILES string of the molecule is C/C=C(\C=C/Cc1ccc(-c2cccc3c2oc2ccccc23)c(N=Cc2ccccc2)c1)c1nc2c3ccccc3ccc2c2c1ccc1ccccc12. The summed E-state index contributed by atoms with van der Waals surface area (Å²) in [5.74, 6) is 0.